The monoisotopic (exact) mass is 470 g/mol. The van der Waals surface area contributed by atoms with Gasteiger partial charge in [-0.25, -0.2) is 0 Å². The molecule has 0 aromatic heterocycles. The molecule has 30 heavy (non-hydrogen) atoms. The van der Waals surface area contributed by atoms with Crippen LogP contribution in [0.4, 0.5) is 0 Å². The highest BCUT2D eigenvalue weighted by Crippen LogP contribution is 2.24. The van der Waals surface area contributed by atoms with Gasteiger partial charge in [0.05, 0.1) is 10.0 Å². The Morgan fingerprint density at radius 2 is 1.87 bits per heavy atom. The molecule has 0 spiro atoms. The average Bonchev–Trinajstić information content (AvgIpc) is 2.72. The van der Waals surface area contributed by atoms with Crippen LogP contribution in [0.3, 0.4) is 0 Å². The molecule has 0 saturated heterocycles. The van der Waals surface area contributed by atoms with Crippen molar-refractivity contribution in [3.8, 4) is 5.75 Å². The zero-order valence-electron chi connectivity index (χ0n) is 17.0. The summed E-state index contributed by atoms with van der Waals surface area (Å²) in [5.41, 5.74) is 0.758. The highest BCUT2D eigenvalue weighted by atomic mass is 35.5. The lowest BCUT2D eigenvalue weighted by Gasteiger charge is -2.29. The van der Waals surface area contributed by atoms with Gasteiger partial charge in [0.1, 0.15) is 11.8 Å². The van der Waals surface area contributed by atoms with Gasteiger partial charge in [-0.1, -0.05) is 60.3 Å². The Hall–Kier alpha value is -1.95. The van der Waals surface area contributed by atoms with Crippen molar-refractivity contribution in [2.75, 3.05) is 13.2 Å². The molecule has 0 aliphatic carbocycles. The standard InChI is InChI=1S/C22H25Cl3N2O3/c1-3-4-10-26-22(29)15(2)27(13-16-8-9-19(24)20(25)11-16)21(28)14-30-18-7-5-6-17(23)12-18/h5-9,11-12,15H,3-4,10,13-14H2,1-2H3,(H,26,29)/t15-/m1/s1. The van der Waals surface area contributed by atoms with Gasteiger partial charge in [0.2, 0.25) is 5.91 Å². The summed E-state index contributed by atoms with van der Waals surface area (Å²) < 4.78 is 5.58. The summed E-state index contributed by atoms with van der Waals surface area (Å²) in [5.74, 6) is -0.0795. The summed E-state index contributed by atoms with van der Waals surface area (Å²) >= 11 is 18.1. The van der Waals surface area contributed by atoms with Crippen molar-refractivity contribution in [3.05, 3.63) is 63.1 Å². The van der Waals surface area contributed by atoms with E-state index in [2.05, 4.69) is 5.32 Å². The van der Waals surface area contributed by atoms with E-state index in [4.69, 9.17) is 39.5 Å². The van der Waals surface area contributed by atoms with Gasteiger partial charge in [0.25, 0.3) is 5.91 Å². The number of unbranched alkanes of at least 4 members (excludes halogenated alkanes) is 1. The molecule has 0 unspecified atom stereocenters. The molecular formula is C22H25Cl3N2O3. The molecule has 1 N–H and O–H groups in total. The van der Waals surface area contributed by atoms with Crippen molar-refractivity contribution in [2.45, 2.75) is 39.3 Å². The van der Waals surface area contributed by atoms with E-state index in [-0.39, 0.29) is 25.0 Å². The first-order valence-electron chi connectivity index (χ1n) is 9.71. The Labute approximate surface area is 192 Å². The van der Waals surface area contributed by atoms with Gasteiger partial charge in [0, 0.05) is 18.1 Å². The molecule has 2 aromatic carbocycles. The molecule has 1 atom stereocenters. The number of benzene rings is 2. The first-order valence-corrected chi connectivity index (χ1v) is 10.8. The molecular weight excluding hydrogens is 447 g/mol. The first kappa shape index (κ1) is 24.3. The molecule has 8 heteroatoms. The van der Waals surface area contributed by atoms with Crippen molar-refractivity contribution < 1.29 is 14.3 Å². The summed E-state index contributed by atoms with van der Waals surface area (Å²) in [7, 11) is 0. The predicted molar refractivity (Wildman–Crippen MR) is 121 cm³/mol. The van der Waals surface area contributed by atoms with E-state index >= 15 is 0 Å². The quantitative estimate of drug-likeness (QED) is 0.475. The Kier molecular flexibility index (Phi) is 9.76. The lowest BCUT2D eigenvalue weighted by molar-refractivity contribution is -0.142. The Balaban J connectivity index is 2.14. The molecule has 0 saturated carbocycles. The van der Waals surface area contributed by atoms with Crippen LogP contribution in [0.2, 0.25) is 15.1 Å². The van der Waals surface area contributed by atoms with Crippen molar-refractivity contribution in [3.63, 3.8) is 0 Å². The van der Waals surface area contributed by atoms with Crippen LogP contribution in [0, 0.1) is 0 Å². The maximum atomic E-state index is 13.0. The summed E-state index contributed by atoms with van der Waals surface area (Å²) in [6, 6.07) is 11.2. The molecule has 0 radical (unpaired) electrons. The van der Waals surface area contributed by atoms with E-state index in [0.717, 1.165) is 18.4 Å². The van der Waals surface area contributed by atoms with E-state index in [1.165, 1.54) is 4.90 Å². The SMILES string of the molecule is CCCCNC(=O)[C@@H](C)N(Cc1ccc(Cl)c(Cl)c1)C(=O)COc1cccc(Cl)c1. The molecule has 2 aromatic rings. The van der Waals surface area contributed by atoms with E-state index in [1.807, 2.05) is 6.92 Å². The predicted octanol–water partition coefficient (Wildman–Crippen LogP) is 5.36. The molecule has 0 aliphatic rings. The van der Waals surface area contributed by atoms with E-state index in [9.17, 15) is 9.59 Å². The molecule has 2 rings (SSSR count). The number of hydrogen-bond donors (Lipinski definition) is 1. The van der Waals surface area contributed by atoms with Crippen molar-refractivity contribution >= 4 is 46.6 Å². The highest BCUT2D eigenvalue weighted by Gasteiger charge is 2.26. The lowest BCUT2D eigenvalue weighted by Crippen LogP contribution is -2.49. The molecule has 0 fully saturated rings. The summed E-state index contributed by atoms with van der Waals surface area (Å²) in [6.45, 7) is 4.26. The number of nitrogens with one attached hydrogen (secondary N) is 1. The topological polar surface area (TPSA) is 58.6 Å². The molecule has 0 bridgehead atoms. The number of halogens is 3. The van der Waals surface area contributed by atoms with Gasteiger partial charge in [-0.2, -0.15) is 0 Å². The summed E-state index contributed by atoms with van der Waals surface area (Å²) in [5, 5.41) is 4.19. The molecule has 2 amide bonds. The number of ether oxygens (including phenoxy) is 1. The second-order valence-electron chi connectivity index (χ2n) is 6.84. The maximum Gasteiger partial charge on any atom is 0.261 e. The van der Waals surface area contributed by atoms with Gasteiger partial charge in [-0.3, -0.25) is 9.59 Å². The minimum atomic E-state index is -0.688. The van der Waals surface area contributed by atoms with Crippen LogP contribution >= 0.6 is 34.8 Å². The normalized spacial score (nSPS) is 11.6. The van der Waals surface area contributed by atoms with Crippen LogP contribution in [-0.2, 0) is 16.1 Å². The van der Waals surface area contributed by atoms with Gasteiger partial charge in [-0.15, -0.1) is 0 Å². The number of carbonyl (C=O) groups excluding carboxylic acids is 2. The Morgan fingerprint density at radius 1 is 1.10 bits per heavy atom. The fourth-order valence-corrected chi connectivity index (χ4v) is 3.24. The minimum Gasteiger partial charge on any atom is -0.484 e. The zero-order valence-corrected chi connectivity index (χ0v) is 19.2. The van der Waals surface area contributed by atoms with Crippen molar-refractivity contribution in [1.82, 2.24) is 10.2 Å². The third kappa shape index (κ3) is 7.38. The smallest absolute Gasteiger partial charge is 0.261 e. The number of carbonyl (C=O) groups is 2. The zero-order chi connectivity index (χ0) is 22.1. The Morgan fingerprint density at radius 3 is 2.53 bits per heavy atom. The van der Waals surface area contributed by atoms with Crippen LogP contribution in [0.25, 0.3) is 0 Å². The number of rotatable bonds is 10. The van der Waals surface area contributed by atoms with Crippen LogP contribution in [0.1, 0.15) is 32.3 Å². The number of amides is 2. The number of hydrogen-bond acceptors (Lipinski definition) is 3. The molecule has 5 nitrogen and oxygen atoms in total. The van der Waals surface area contributed by atoms with Gasteiger partial charge in [0.15, 0.2) is 6.61 Å². The van der Waals surface area contributed by atoms with Gasteiger partial charge < -0.3 is 15.0 Å². The average molecular weight is 472 g/mol. The van der Waals surface area contributed by atoms with Gasteiger partial charge >= 0.3 is 0 Å². The van der Waals surface area contributed by atoms with Crippen LogP contribution in [0.5, 0.6) is 5.75 Å². The lowest BCUT2D eigenvalue weighted by atomic mass is 10.1. The van der Waals surface area contributed by atoms with E-state index < -0.39 is 6.04 Å². The van der Waals surface area contributed by atoms with Crippen LogP contribution in [0.15, 0.2) is 42.5 Å². The van der Waals surface area contributed by atoms with E-state index in [1.54, 1.807) is 49.4 Å². The minimum absolute atomic E-state index is 0.191. The first-order chi connectivity index (χ1) is 14.3. The number of nitrogens with zero attached hydrogens (tertiary/aromatic N) is 1. The second kappa shape index (κ2) is 12.0. The largest absolute Gasteiger partial charge is 0.484 e. The molecule has 0 aliphatic heterocycles. The fraction of sp³-hybridized carbons (Fsp3) is 0.364. The maximum absolute atomic E-state index is 13.0. The second-order valence-corrected chi connectivity index (χ2v) is 8.09. The Bertz CT molecular complexity index is 876. The van der Waals surface area contributed by atoms with E-state index in [0.29, 0.717) is 27.4 Å². The third-order valence-electron chi connectivity index (χ3n) is 4.49. The molecule has 0 heterocycles. The van der Waals surface area contributed by atoms with Crippen LogP contribution < -0.4 is 10.1 Å². The van der Waals surface area contributed by atoms with Crippen molar-refractivity contribution in [2.24, 2.45) is 0 Å². The third-order valence-corrected chi connectivity index (χ3v) is 5.47. The fourth-order valence-electron chi connectivity index (χ4n) is 2.74. The summed E-state index contributed by atoms with van der Waals surface area (Å²) in [4.78, 5) is 27.0. The van der Waals surface area contributed by atoms with Gasteiger partial charge in [-0.05, 0) is 49.2 Å². The highest BCUT2D eigenvalue weighted by molar-refractivity contribution is 6.42. The molecule has 162 valence electrons. The van der Waals surface area contributed by atoms with Crippen LogP contribution in [-0.4, -0.2) is 35.9 Å². The van der Waals surface area contributed by atoms with Crippen molar-refractivity contribution in [1.29, 1.82) is 0 Å². The summed E-state index contributed by atoms with van der Waals surface area (Å²) in [6.07, 6.45) is 1.84.